The number of halogens is 1. The number of carbonyl (C=O) groups is 1. The third-order valence-electron chi connectivity index (χ3n) is 5.01. The molecule has 2 N–H and O–H groups in total. The van der Waals surface area contributed by atoms with Crippen molar-refractivity contribution in [2.24, 2.45) is 7.05 Å². The highest BCUT2D eigenvalue weighted by molar-refractivity contribution is 7.92. The Balaban J connectivity index is 1.55. The van der Waals surface area contributed by atoms with Crippen molar-refractivity contribution in [2.45, 2.75) is 25.6 Å². The lowest BCUT2D eigenvalue weighted by atomic mass is 10.1. The van der Waals surface area contributed by atoms with Gasteiger partial charge in [0.2, 0.25) is 10.0 Å². The average molecular weight is 460 g/mol. The molecule has 32 heavy (non-hydrogen) atoms. The summed E-state index contributed by atoms with van der Waals surface area (Å²) in [6.07, 6.45) is -1.96. The van der Waals surface area contributed by atoms with Crippen molar-refractivity contribution in [1.29, 1.82) is 0 Å². The number of anilines is 2. The first kappa shape index (κ1) is 21.7. The predicted octanol–water partition coefficient (Wildman–Crippen LogP) is 2.74. The van der Waals surface area contributed by atoms with E-state index in [1.54, 1.807) is 38.2 Å². The highest BCUT2D eigenvalue weighted by Crippen LogP contribution is 2.36. The minimum Gasteiger partial charge on any atom is -0.438 e. The number of carbonyl (C=O) groups excluding carboxylic acids is 1. The predicted molar refractivity (Wildman–Crippen MR) is 115 cm³/mol. The molecule has 4 rings (SSSR count). The third-order valence-corrected chi connectivity index (χ3v) is 5.60. The summed E-state index contributed by atoms with van der Waals surface area (Å²) in [5.74, 6) is 0.201. The lowest BCUT2D eigenvalue weighted by molar-refractivity contribution is 0.0626. The zero-order valence-electron chi connectivity index (χ0n) is 17.5. The Kier molecular flexibility index (Phi) is 5.55. The molecule has 1 aromatic carbocycles. The quantitative estimate of drug-likeness (QED) is 0.599. The standard InChI is InChI=1S/C20H21FN6O4S/c1-11-15(25-32(3,29)30)8-9-16(22-11)17-19(27(2)26-24-17)23-20(28)31-18-13-7-5-4-6-12(13)10-14(18)21/h4-9,14,18,25H,10H2,1-3H3,(H,23,28). The van der Waals surface area contributed by atoms with Crippen molar-refractivity contribution in [3.63, 3.8) is 0 Å². The molecule has 10 nitrogen and oxygen atoms in total. The summed E-state index contributed by atoms with van der Waals surface area (Å²) in [7, 11) is -1.89. The number of pyridine rings is 1. The fraction of sp³-hybridized carbons (Fsp3) is 0.300. The molecule has 1 amide bonds. The van der Waals surface area contributed by atoms with Gasteiger partial charge in [0.1, 0.15) is 6.17 Å². The summed E-state index contributed by atoms with van der Waals surface area (Å²) >= 11 is 0. The summed E-state index contributed by atoms with van der Waals surface area (Å²) in [5.41, 5.74) is 2.80. The van der Waals surface area contributed by atoms with Gasteiger partial charge in [-0.25, -0.2) is 27.3 Å². The summed E-state index contributed by atoms with van der Waals surface area (Å²) < 4.78 is 46.5. The number of rotatable bonds is 5. The van der Waals surface area contributed by atoms with E-state index in [0.29, 0.717) is 22.6 Å². The number of aromatic nitrogens is 4. The third kappa shape index (κ3) is 4.40. The molecule has 1 aliphatic rings. The van der Waals surface area contributed by atoms with Gasteiger partial charge >= 0.3 is 6.09 Å². The van der Waals surface area contributed by atoms with Gasteiger partial charge in [0, 0.05) is 13.5 Å². The molecule has 0 bridgehead atoms. The number of nitrogens with one attached hydrogen (secondary N) is 2. The Bertz CT molecular complexity index is 1290. The maximum Gasteiger partial charge on any atom is 0.413 e. The largest absolute Gasteiger partial charge is 0.438 e. The lowest BCUT2D eigenvalue weighted by Gasteiger charge is -2.16. The number of sulfonamides is 1. The van der Waals surface area contributed by atoms with Crippen LogP contribution in [0.2, 0.25) is 0 Å². The number of fused-ring (bicyclic) bond motifs is 1. The van der Waals surface area contributed by atoms with Gasteiger partial charge in [0.25, 0.3) is 0 Å². The molecule has 2 aromatic heterocycles. The molecule has 168 valence electrons. The first-order valence-corrected chi connectivity index (χ1v) is 11.6. The Hall–Kier alpha value is -3.54. The van der Waals surface area contributed by atoms with Gasteiger partial charge in [-0.1, -0.05) is 29.5 Å². The number of amides is 1. The molecule has 0 saturated carbocycles. The van der Waals surface area contributed by atoms with Gasteiger partial charge in [-0.05, 0) is 30.2 Å². The second-order valence-electron chi connectivity index (χ2n) is 7.48. The van der Waals surface area contributed by atoms with Crippen molar-refractivity contribution >= 4 is 27.6 Å². The Morgan fingerprint density at radius 2 is 2.00 bits per heavy atom. The van der Waals surface area contributed by atoms with E-state index in [-0.39, 0.29) is 17.9 Å². The number of alkyl halides is 1. The molecule has 1 aliphatic carbocycles. The molecular formula is C20H21FN6O4S. The number of nitrogens with zero attached hydrogens (tertiary/aromatic N) is 4. The molecule has 2 heterocycles. The second kappa shape index (κ2) is 8.19. The van der Waals surface area contributed by atoms with Crippen LogP contribution in [-0.4, -0.2) is 46.9 Å². The van der Waals surface area contributed by atoms with Gasteiger partial charge in [-0.2, -0.15) is 0 Å². The van der Waals surface area contributed by atoms with E-state index in [4.69, 9.17) is 4.74 Å². The van der Waals surface area contributed by atoms with E-state index in [1.165, 1.54) is 4.68 Å². The second-order valence-corrected chi connectivity index (χ2v) is 9.23. The zero-order valence-corrected chi connectivity index (χ0v) is 18.4. The Morgan fingerprint density at radius 3 is 2.72 bits per heavy atom. The van der Waals surface area contributed by atoms with Crippen LogP contribution in [0.25, 0.3) is 11.4 Å². The molecule has 2 atom stereocenters. The van der Waals surface area contributed by atoms with Crippen LogP contribution in [0.15, 0.2) is 36.4 Å². The van der Waals surface area contributed by atoms with E-state index in [1.807, 2.05) is 12.1 Å². The normalized spacial score (nSPS) is 17.6. The topological polar surface area (TPSA) is 128 Å². The van der Waals surface area contributed by atoms with Crippen LogP contribution in [0.1, 0.15) is 22.9 Å². The summed E-state index contributed by atoms with van der Waals surface area (Å²) in [5, 5.41) is 10.5. The van der Waals surface area contributed by atoms with Gasteiger partial charge in [0.15, 0.2) is 17.6 Å². The van der Waals surface area contributed by atoms with Gasteiger partial charge in [0.05, 0.1) is 23.3 Å². The van der Waals surface area contributed by atoms with Gasteiger partial charge in [-0.15, -0.1) is 5.10 Å². The molecule has 0 spiro atoms. The highest BCUT2D eigenvalue weighted by Gasteiger charge is 2.35. The van der Waals surface area contributed by atoms with Crippen LogP contribution in [0.5, 0.6) is 0 Å². The summed E-state index contributed by atoms with van der Waals surface area (Å²) in [6.45, 7) is 1.63. The van der Waals surface area contributed by atoms with Crippen LogP contribution in [0.4, 0.5) is 20.7 Å². The fourth-order valence-corrected chi connectivity index (χ4v) is 4.17. The number of hydrogen-bond acceptors (Lipinski definition) is 7. The Morgan fingerprint density at radius 1 is 1.25 bits per heavy atom. The van der Waals surface area contributed by atoms with Gasteiger partial charge in [-0.3, -0.25) is 10.0 Å². The number of ether oxygens (including phenoxy) is 1. The van der Waals surface area contributed by atoms with Gasteiger partial charge < -0.3 is 4.74 Å². The van der Waals surface area contributed by atoms with Crippen molar-refractivity contribution in [3.8, 4) is 11.4 Å². The summed E-state index contributed by atoms with van der Waals surface area (Å²) in [6, 6.07) is 10.2. The average Bonchev–Trinajstić information content (AvgIpc) is 3.22. The monoisotopic (exact) mass is 460 g/mol. The van der Waals surface area contributed by atoms with Crippen LogP contribution in [0.3, 0.4) is 0 Å². The van der Waals surface area contributed by atoms with Crippen molar-refractivity contribution in [1.82, 2.24) is 20.0 Å². The smallest absolute Gasteiger partial charge is 0.413 e. The van der Waals surface area contributed by atoms with Crippen molar-refractivity contribution in [3.05, 3.63) is 53.2 Å². The Labute approximate surface area is 183 Å². The van der Waals surface area contributed by atoms with Crippen LogP contribution in [0, 0.1) is 6.92 Å². The van der Waals surface area contributed by atoms with E-state index < -0.39 is 28.4 Å². The molecular weight excluding hydrogens is 439 g/mol. The molecule has 3 aromatic rings. The lowest BCUT2D eigenvalue weighted by Crippen LogP contribution is -2.22. The van der Waals surface area contributed by atoms with Crippen molar-refractivity contribution < 1.29 is 22.3 Å². The fourth-order valence-electron chi connectivity index (χ4n) is 3.56. The molecule has 2 unspecified atom stereocenters. The molecule has 0 fully saturated rings. The molecule has 0 aliphatic heterocycles. The highest BCUT2D eigenvalue weighted by atomic mass is 32.2. The molecule has 0 saturated heterocycles. The maximum absolute atomic E-state index is 14.4. The maximum atomic E-state index is 14.4. The number of aryl methyl sites for hydroxylation is 2. The molecule has 0 radical (unpaired) electrons. The SMILES string of the molecule is Cc1nc(-c2nnn(C)c2NC(=O)OC2c3ccccc3CC2F)ccc1NS(C)(=O)=O. The van der Waals surface area contributed by atoms with Crippen molar-refractivity contribution in [2.75, 3.05) is 16.3 Å². The van der Waals surface area contributed by atoms with E-state index >= 15 is 0 Å². The van der Waals surface area contributed by atoms with Crippen LogP contribution < -0.4 is 10.0 Å². The van der Waals surface area contributed by atoms with E-state index in [9.17, 15) is 17.6 Å². The molecule has 12 heteroatoms. The number of benzene rings is 1. The number of hydrogen-bond donors (Lipinski definition) is 2. The van der Waals surface area contributed by atoms with Crippen LogP contribution in [-0.2, 0) is 28.2 Å². The summed E-state index contributed by atoms with van der Waals surface area (Å²) in [4.78, 5) is 16.9. The zero-order chi connectivity index (χ0) is 23.0. The minimum absolute atomic E-state index is 0.184. The minimum atomic E-state index is -3.46. The first-order valence-electron chi connectivity index (χ1n) is 9.67. The van der Waals surface area contributed by atoms with E-state index in [0.717, 1.165) is 11.8 Å². The van der Waals surface area contributed by atoms with Crippen LogP contribution >= 0.6 is 0 Å². The first-order chi connectivity index (χ1) is 15.1. The van der Waals surface area contributed by atoms with E-state index in [2.05, 4.69) is 25.3 Å².